The molecule has 13 rings (SSSR count). The molecule has 1 saturated carbocycles. The lowest BCUT2D eigenvalue weighted by atomic mass is 9.43. The molecule has 9 aliphatic heterocycles. The third-order valence-electron chi connectivity index (χ3n) is 17.7. The number of carbonyl (C=O) groups excluding carboxylic acids is 1. The number of piperidine rings is 3. The topological polar surface area (TPSA) is 96.0 Å². The molecule has 0 bridgehead atoms. The van der Waals surface area contributed by atoms with Crippen molar-refractivity contribution in [3.05, 3.63) is 64.9 Å². The molecule has 0 amide bonds. The Hall–Kier alpha value is -3.15. The SMILES string of the molecule is COC(=O)C1=C2Nc3ccccc3C23CCN2CC4(CC5CC67CCOC6CCN6CCC8(c9cccc(OC)c9N(C4)C58O)C67)C4OCCC4(C1)C23. The minimum atomic E-state index is -1.04. The predicted octanol–water partition coefficient (Wildman–Crippen LogP) is 4.16. The zero-order chi connectivity index (χ0) is 35.3. The number of fused-ring (bicyclic) bond motifs is 4. The Morgan fingerprint density at radius 2 is 1.72 bits per heavy atom. The van der Waals surface area contributed by atoms with E-state index in [0.29, 0.717) is 19.6 Å². The Morgan fingerprint density at radius 3 is 2.60 bits per heavy atom. The number of nitrogens with zero attached hydrogens (tertiary/aromatic N) is 3. The minimum Gasteiger partial charge on any atom is -0.495 e. The first-order chi connectivity index (χ1) is 25.8. The summed E-state index contributed by atoms with van der Waals surface area (Å²) in [6, 6.07) is 15.8. The number of para-hydroxylation sites is 2. The van der Waals surface area contributed by atoms with Crippen LogP contribution in [0.25, 0.3) is 0 Å². The molecule has 0 aromatic heterocycles. The number of aliphatic hydroxyl groups is 1. The van der Waals surface area contributed by atoms with Crippen molar-refractivity contribution in [3.8, 4) is 5.75 Å². The Kier molecular flexibility index (Phi) is 5.64. The van der Waals surface area contributed by atoms with E-state index in [1.165, 1.54) is 18.2 Å². The number of carbonyl (C=O) groups is 1. The molecule has 5 spiro atoms. The van der Waals surface area contributed by atoms with Gasteiger partial charge in [0.1, 0.15) is 5.75 Å². The van der Waals surface area contributed by atoms with Crippen LogP contribution in [-0.2, 0) is 29.8 Å². The Labute approximate surface area is 310 Å². The van der Waals surface area contributed by atoms with Gasteiger partial charge < -0.3 is 34.3 Å². The van der Waals surface area contributed by atoms with Crippen LogP contribution >= 0.6 is 0 Å². The van der Waals surface area contributed by atoms with Gasteiger partial charge in [-0.1, -0.05) is 30.3 Å². The van der Waals surface area contributed by atoms with Crippen molar-refractivity contribution in [2.75, 3.05) is 70.4 Å². The van der Waals surface area contributed by atoms with Crippen molar-refractivity contribution < 1.29 is 28.8 Å². The summed E-state index contributed by atoms with van der Waals surface area (Å²) in [6.07, 6.45) is 7.62. The lowest BCUT2D eigenvalue weighted by Crippen LogP contribution is -2.81. The van der Waals surface area contributed by atoms with Gasteiger partial charge in [-0.2, -0.15) is 0 Å². The monoisotopic (exact) mass is 718 g/mol. The number of anilines is 2. The van der Waals surface area contributed by atoms with Crippen molar-refractivity contribution in [1.29, 1.82) is 0 Å². The zero-order valence-electron chi connectivity index (χ0n) is 30.9. The van der Waals surface area contributed by atoms with Gasteiger partial charge in [0, 0.05) is 78.5 Å². The summed E-state index contributed by atoms with van der Waals surface area (Å²) >= 11 is 0. The quantitative estimate of drug-likeness (QED) is 0.441. The van der Waals surface area contributed by atoms with E-state index in [9.17, 15) is 9.90 Å². The summed E-state index contributed by atoms with van der Waals surface area (Å²) in [6.45, 7) is 6.12. The fourth-order valence-electron chi connectivity index (χ4n) is 16.8. The van der Waals surface area contributed by atoms with E-state index >= 15 is 0 Å². The van der Waals surface area contributed by atoms with Crippen LogP contribution in [0.5, 0.6) is 5.75 Å². The largest absolute Gasteiger partial charge is 0.495 e. The van der Waals surface area contributed by atoms with Crippen molar-refractivity contribution in [2.45, 2.75) is 92.2 Å². The number of benzene rings is 2. The first-order valence-electron chi connectivity index (χ1n) is 20.4. The summed E-state index contributed by atoms with van der Waals surface area (Å²) in [5.41, 5.74) is 4.37. The Morgan fingerprint density at radius 1 is 0.887 bits per heavy atom. The molecule has 11 aliphatic rings. The first kappa shape index (κ1) is 31.1. The molecule has 8 fully saturated rings. The number of methoxy groups -OCH3 is 2. The normalized spacial score (nSPS) is 47.6. The maximum atomic E-state index is 14.0. The molecule has 11 atom stereocenters. The number of esters is 1. The van der Waals surface area contributed by atoms with Gasteiger partial charge in [0.25, 0.3) is 0 Å². The Balaban J connectivity index is 1.02. The summed E-state index contributed by atoms with van der Waals surface area (Å²) in [5.74, 6) is 0.674. The average Bonchev–Trinajstić information content (AvgIpc) is 4.02. The van der Waals surface area contributed by atoms with E-state index < -0.39 is 11.1 Å². The van der Waals surface area contributed by atoms with Crippen LogP contribution in [0.3, 0.4) is 0 Å². The highest BCUT2D eigenvalue weighted by Gasteiger charge is 2.83. The van der Waals surface area contributed by atoms with Gasteiger partial charge in [0.15, 0.2) is 5.72 Å². The maximum Gasteiger partial charge on any atom is 0.335 e. The lowest BCUT2D eigenvalue weighted by Gasteiger charge is -2.70. The molecule has 10 nitrogen and oxygen atoms in total. The average molecular weight is 719 g/mol. The van der Waals surface area contributed by atoms with Crippen LogP contribution in [-0.4, -0.2) is 111 Å². The second-order valence-corrected chi connectivity index (χ2v) is 18.9. The van der Waals surface area contributed by atoms with Crippen molar-refractivity contribution in [1.82, 2.24) is 9.80 Å². The molecular weight excluding hydrogens is 668 g/mol. The Bertz CT molecular complexity index is 2060. The van der Waals surface area contributed by atoms with Crippen molar-refractivity contribution in [3.63, 3.8) is 0 Å². The van der Waals surface area contributed by atoms with Gasteiger partial charge in [-0.25, -0.2) is 4.79 Å². The van der Waals surface area contributed by atoms with Crippen LogP contribution in [0.4, 0.5) is 11.4 Å². The number of hydrogen-bond acceptors (Lipinski definition) is 10. The van der Waals surface area contributed by atoms with Gasteiger partial charge in [0.05, 0.1) is 48.5 Å². The highest BCUT2D eigenvalue weighted by molar-refractivity contribution is 5.93. The fraction of sp³-hybridized carbons (Fsp3) is 0.651. The second-order valence-electron chi connectivity index (χ2n) is 18.9. The molecular formula is C43H50N4O6. The van der Waals surface area contributed by atoms with Crippen molar-refractivity contribution >= 4 is 17.3 Å². The number of hydrogen-bond donors (Lipinski definition) is 2. The fourth-order valence-corrected chi connectivity index (χ4v) is 16.8. The standard InChI is InChI=1S/C43H50N4O6/c1-50-30-9-5-7-28-32(30)47-24-38(20-25-21-39-13-18-52-31(39)10-15-45-17-12-42(28,36(39)45)43(25,47)49)23-46-16-11-41-27-6-3-4-8-29(27)44-33(41)26(34(48)51-2)22-40(35(41)46)14-19-53-37(38)40/h3-9,25,31,35-37,44,49H,10-24H2,1-2H3. The van der Waals surface area contributed by atoms with Gasteiger partial charge in [-0.05, 0) is 87.7 Å². The van der Waals surface area contributed by atoms with Crippen LogP contribution in [0, 0.1) is 22.2 Å². The van der Waals surface area contributed by atoms with Gasteiger partial charge in [-0.15, -0.1) is 0 Å². The molecule has 2 aromatic carbocycles. The molecule has 7 saturated heterocycles. The molecule has 53 heavy (non-hydrogen) atoms. The van der Waals surface area contributed by atoms with E-state index in [1.54, 1.807) is 7.11 Å². The summed E-state index contributed by atoms with van der Waals surface area (Å²) < 4.78 is 25.8. The molecule has 9 heterocycles. The van der Waals surface area contributed by atoms with Crippen LogP contribution in [0.1, 0.15) is 62.5 Å². The molecule has 0 radical (unpaired) electrons. The van der Waals surface area contributed by atoms with Gasteiger partial charge >= 0.3 is 5.97 Å². The van der Waals surface area contributed by atoms with Crippen LogP contribution in [0.2, 0.25) is 0 Å². The van der Waals surface area contributed by atoms with E-state index in [1.807, 2.05) is 0 Å². The maximum absolute atomic E-state index is 14.0. The summed E-state index contributed by atoms with van der Waals surface area (Å²) in [4.78, 5) is 22.0. The van der Waals surface area contributed by atoms with E-state index in [4.69, 9.17) is 18.9 Å². The molecule has 278 valence electrons. The molecule has 2 N–H and O–H groups in total. The van der Waals surface area contributed by atoms with Crippen LogP contribution < -0.4 is 15.0 Å². The first-order valence-corrected chi connectivity index (χ1v) is 20.4. The van der Waals surface area contributed by atoms with Gasteiger partial charge in [0.2, 0.25) is 0 Å². The number of rotatable bonds is 2. The molecule has 11 unspecified atom stereocenters. The van der Waals surface area contributed by atoms with Crippen molar-refractivity contribution in [2.24, 2.45) is 22.2 Å². The summed E-state index contributed by atoms with van der Waals surface area (Å²) in [7, 11) is 3.32. The molecule has 2 aliphatic carbocycles. The third-order valence-corrected chi connectivity index (χ3v) is 17.7. The lowest BCUT2D eigenvalue weighted by molar-refractivity contribution is -0.232. The zero-order valence-corrected chi connectivity index (χ0v) is 30.9. The highest BCUT2D eigenvalue weighted by atomic mass is 16.5. The molecule has 2 aromatic rings. The van der Waals surface area contributed by atoms with E-state index in [0.717, 1.165) is 106 Å². The van der Waals surface area contributed by atoms with E-state index in [2.05, 4.69) is 62.5 Å². The summed E-state index contributed by atoms with van der Waals surface area (Å²) in [5, 5.41) is 17.8. The third kappa shape index (κ3) is 3.07. The smallest absolute Gasteiger partial charge is 0.335 e. The van der Waals surface area contributed by atoms with Gasteiger partial charge in [-0.3, -0.25) is 9.80 Å². The predicted molar refractivity (Wildman–Crippen MR) is 196 cm³/mol. The van der Waals surface area contributed by atoms with E-state index in [-0.39, 0.29) is 57.8 Å². The highest BCUT2D eigenvalue weighted by Crippen LogP contribution is 2.77. The minimum absolute atomic E-state index is 0.00339. The molecule has 10 heteroatoms. The number of ether oxygens (including phenoxy) is 4. The number of nitrogens with one attached hydrogen (secondary N) is 1. The van der Waals surface area contributed by atoms with Crippen LogP contribution in [0.15, 0.2) is 53.7 Å². The second kappa shape index (κ2) is 9.62.